The quantitative estimate of drug-likeness (QED) is 0.360. The highest BCUT2D eigenvalue weighted by atomic mass is 19.1. The molecule has 1 saturated carbocycles. The largest absolute Gasteiger partial charge is 0.497 e. The summed E-state index contributed by atoms with van der Waals surface area (Å²) in [5.74, 6) is -1.28. The Balaban J connectivity index is 1.61. The van der Waals surface area contributed by atoms with Crippen molar-refractivity contribution in [2.75, 3.05) is 20.3 Å². The van der Waals surface area contributed by atoms with Crippen LogP contribution in [0.15, 0.2) is 48.5 Å². The summed E-state index contributed by atoms with van der Waals surface area (Å²) in [7, 11) is 1.56. The Hall–Kier alpha value is -4.35. The van der Waals surface area contributed by atoms with Crippen LogP contribution in [0.25, 0.3) is 11.4 Å². The van der Waals surface area contributed by atoms with Crippen LogP contribution in [-0.4, -0.2) is 69.2 Å². The predicted octanol–water partition coefficient (Wildman–Crippen LogP) is 3.07. The number of ether oxygens (including phenoxy) is 2. The van der Waals surface area contributed by atoms with Gasteiger partial charge in [0.15, 0.2) is 0 Å². The minimum Gasteiger partial charge on any atom is -0.497 e. The fraction of sp³-hybridized carbons (Fsp3) is 0.429. The highest BCUT2D eigenvalue weighted by Gasteiger charge is 2.35. The molecule has 4 rings (SSSR count). The molecule has 0 saturated heterocycles. The molecule has 1 fully saturated rings. The van der Waals surface area contributed by atoms with E-state index in [1.807, 2.05) is 0 Å². The third kappa shape index (κ3) is 7.39. The second-order valence-corrected chi connectivity index (χ2v) is 9.50. The van der Waals surface area contributed by atoms with E-state index in [-0.39, 0.29) is 18.5 Å². The number of amides is 2. The SMILES string of the molecule is CCOC(=O)CN(C(=O)Cn1nnc(-c2ccc(OC)cc2)n1)[C@@H](C(=O)NC1CCCCC1)c1ccc(F)cc1. The first kappa shape index (κ1) is 28.7. The van der Waals surface area contributed by atoms with Crippen molar-refractivity contribution in [1.82, 2.24) is 30.4 Å². The minimum atomic E-state index is -1.20. The average Bonchev–Trinajstić information content (AvgIpc) is 3.42. The summed E-state index contributed by atoms with van der Waals surface area (Å²) in [6, 6.07) is 11.1. The maximum atomic E-state index is 13.8. The van der Waals surface area contributed by atoms with Crippen molar-refractivity contribution < 1.29 is 28.2 Å². The summed E-state index contributed by atoms with van der Waals surface area (Å²) < 4.78 is 24.0. The molecular weight excluding hydrogens is 519 g/mol. The third-order valence-electron chi connectivity index (χ3n) is 6.70. The van der Waals surface area contributed by atoms with Gasteiger partial charge >= 0.3 is 5.97 Å². The Bertz CT molecular complexity index is 1290. The first-order valence-electron chi connectivity index (χ1n) is 13.3. The van der Waals surface area contributed by atoms with E-state index >= 15 is 0 Å². The molecule has 3 aromatic rings. The molecule has 40 heavy (non-hydrogen) atoms. The van der Waals surface area contributed by atoms with E-state index in [1.165, 1.54) is 24.3 Å². The van der Waals surface area contributed by atoms with Gasteiger partial charge in [-0.05, 0) is 66.9 Å². The maximum absolute atomic E-state index is 13.8. The first-order valence-corrected chi connectivity index (χ1v) is 13.3. The molecule has 1 aliphatic carbocycles. The number of hydrogen-bond donors (Lipinski definition) is 1. The molecule has 0 spiro atoms. The summed E-state index contributed by atoms with van der Waals surface area (Å²) >= 11 is 0. The zero-order valence-corrected chi connectivity index (χ0v) is 22.6. The highest BCUT2D eigenvalue weighted by Crippen LogP contribution is 2.25. The van der Waals surface area contributed by atoms with Gasteiger partial charge in [0.25, 0.3) is 0 Å². The number of nitrogens with one attached hydrogen (secondary N) is 1. The number of tetrazole rings is 1. The first-order chi connectivity index (χ1) is 19.4. The average molecular weight is 553 g/mol. The van der Waals surface area contributed by atoms with Crippen LogP contribution in [0.2, 0.25) is 0 Å². The van der Waals surface area contributed by atoms with Gasteiger partial charge in [-0.15, -0.1) is 10.2 Å². The molecule has 12 heteroatoms. The molecule has 2 aromatic carbocycles. The Kier molecular flexibility index (Phi) is 9.76. The van der Waals surface area contributed by atoms with Crippen LogP contribution in [0.4, 0.5) is 4.39 Å². The highest BCUT2D eigenvalue weighted by molar-refractivity contribution is 5.91. The van der Waals surface area contributed by atoms with Crippen molar-refractivity contribution in [1.29, 1.82) is 0 Å². The lowest BCUT2D eigenvalue weighted by Crippen LogP contribution is -2.49. The normalized spacial score (nSPS) is 14.3. The zero-order valence-electron chi connectivity index (χ0n) is 22.6. The number of nitrogens with zero attached hydrogens (tertiary/aromatic N) is 5. The van der Waals surface area contributed by atoms with Gasteiger partial charge in [-0.25, -0.2) is 4.39 Å². The van der Waals surface area contributed by atoms with Crippen LogP contribution in [0, 0.1) is 5.82 Å². The Labute approximate surface area is 231 Å². The number of rotatable bonds is 11. The van der Waals surface area contributed by atoms with Crippen LogP contribution in [0.5, 0.6) is 5.75 Å². The number of esters is 1. The lowest BCUT2D eigenvalue weighted by atomic mass is 9.94. The molecule has 212 valence electrons. The monoisotopic (exact) mass is 552 g/mol. The van der Waals surface area contributed by atoms with Crippen molar-refractivity contribution in [3.63, 3.8) is 0 Å². The summed E-state index contributed by atoms with van der Waals surface area (Å²) in [4.78, 5) is 42.2. The van der Waals surface area contributed by atoms with Crippen LogP contribution in [0.1, 0.15) is 50.6 Å². The molecule has 1 heterocycles. The third-order valence-corrected chi connectivity index (χ3v) is 6.70. The number of aromatic nitrogens is 4. The second kappa shape index (κ2) is 13.6. The van der Waals surface area contributed by atoms with E-state index < -0.39 is 42.7 Å². The van der Waals surface area contributed by atoms with E-state index in [0.29, 0.717) is 16.9 Å². The van der Waals surface area contributed by atoms with Crippen LogP contribution < -0.4 is 10.1 Å². The van der Waals surface area contributed by atoms with E-state index in [4.69, 9.17) is 9.47 Å². The van der Waals surface area contributed by atoms with Crippen molar-refractivity contribution in [3.05, 3.63) is 59.9 Å². The van der Waals surface area contributed by atoms with Gasteiger partial charge in [0, 0.05) is 11.6 Å². The van der Waals surface area contributed by atoms with Crippen molar-refractivity contribution in [3.8, 4) is 17.1 Å². The van der Waals surface area contributed by atoms with Crippen LogP contribution in [-0.2, 0) is 25.7 Å². The van der Waals surface area contributed by atoms with Crippen LogP contribution >= 0.6 is 0 Å². The molecule has 0 aliphatic heterocycles. The number of hydrogen-bond acceptors (Lipinski definition) is 8. The molecule has 11 nitrogen and oxygen atoms in total. The lowest BCUT2D eigenvalue weighted by molar-refractivity contribution is -0.153. The molecule has 0 unspecified atom stereocenters. The Morgan fingerprint density at radius 3 is 2.42 bits per heavy atom. The summed E-state index contributed by atoms with van der Waals surface area (Å²) in [5.41, 5.74) is 1.02. The number of carbonyl (C=O) groups excluding carboxylic acids is 3. The van der Waals surface area contributed by atoms with E-state index in [2.05, 4.69) is 20.7 Å². The fourth-order valence-corrected chi connectivity index (χ4v) is 4.69. The molecule has 0 radical (unpaired) electrons. The number of methoxy groups -OCH3 is 1. The zero-order chi connectivity index (χ0) is 28.5. The van der Waals surface area contributed by atoms with Gasteiger partial charge in [0.1, 0.15) is 30.7 Å². The van der Waals surface area contributed by atoms with E-state index in [1.54, 1.807) is 38.3 Å². The van der Waals surface area contributed by atoms with Gasteiger partial charge < -0.3 is 19.7 Å². The van der Waals surface area contributed by atoms with E-state index in [0.717, 1.165) is 41.8 Å². The van der Waals surface area contributed by atoms with Gasteiger partial charge in [-0.3, -0.25) is 14.4 Å². The molecule has 1 aromatic heterocycles. The topological polar surface area (TPSA) is 129 Å². The predicted molar refractivity (Wildman–Crippen MR) is 142 cm³/mol. The van der Waals surface area contributed by atoms with Gasteiger partial charge in [-0.2, -0.15) is 4.80 Å². The molecule has 0 bridgehead atoms. The summed E-state index contributed by atoms with van der Waals surface area (Å²) in [6.45, 7) is 0.868. The molecule has 2 amide bonds. The van der Waals surface area contributed by atoms with E-state index in [9.17, 15) is 18.8 Å². The Morgan fingerprint density at radius 2 is 1.77 bits per heavy atom. The standard InChI is InChI=1S/C28H33FN6O5/c1-3-40-25(37)18-34(24(36)17-35-32-27(31-33-35)20-11-15-23(39-2)16-12-20)26(19-9-13-21(29)14-10-19)28(38)30-22-7-5-4-6-8-22/h9-16,22,26H,3-8,17-18H2,1-2H3,(H,30,38)/t26-/m1/s1. The van der Waals surface area contributed by atoms with Gasteiger partial charge in [-0.1, -0.05) is 31.4 Å². The number of benzene rings is 2. The smallest absolute Gasteiger partial charge is 0.325 e. The van der Waals surface area contributed by atoms with Crippen molar-refractivity contribution in [2.45, 2.75) is 57.7 Å². The number of carbonyl (C=O) groups is 3. The Morgan fingerprint density at radius 1 is 1.07 bits per heavy atom. The minimum absolute atomic E-state index is 0.0484. The maximum Gasteiger partial charge on any atom is 0.325 e. The van der Waals surface area contributed by atoms with Gasteiger partial charge in [0.05, 0.1) is 13.7 Å². The van der Waals surface area contributed by atoms with Gasteiger partial charge in [0.2, 0.25) is 17.6 Å². The summed E-state index contributed by atoms with van der Waals surface area (Å²) in [5, 5.41) is 15.3. The van der Waals surface area contributed by atoms with Crippen molar-refractivity contribution in [2.24, 2.45) is 0 Å². The van der Waals surface area contributed by atoms with Crippen LogP contribution in [0.3, 0.4) is 0 Å². The number of halogens is 1. The van der Waals surface area contributed by atoms with Crippen molar-refractivity contribution >= 4 is 17.8 Å². The second-order valence-electron chi connectivity index (χ2n) is 9.50. The molecule has 1 aliphatic rings. The molecule has 1 atom stereocenters. The summed E-state index contributed by atoms with van der Waals surface area (Å²) in [6.07, 6.45) is 4.73. The fourth-order valence-electron chi connectivity index (χ4n) is 4.69. The lowest BCUT2D eigenvalue weighted by Gasteiger charge is -2.32. The molecule has 1 N–H and O–H groups in total. The molecular formula is C28H33FN6O5.